The molecule has 17 nitrogen and oxygen atoms in total. The Labute approximate surface area is 352 Å². The van der Waals surface area contributed by atoms with Gasteiger partial charge in [0.1, 0.15) is 13.2 Å². The van der Waals surface area contributed by atoms with E-state index in [1.807, 2.05) is 0 Å². The van der Waals surface area contributed by atoms with E-state index in [1.165, 1.54) is 96.8 Å². The molecule has 0 aliphatic carbocycles. The second kappa shape index (κ2) is 39.2. The van der Waals surface area contributed by atoms with Gasteiger partial charge in [-0.25, -0.2) is 14.2 Å². The van der Waals surface area contributed by atoms with Crippen molar-refractivity contribution in [2.75, 3.05) is 40.3 Å². The first kappa shape index (κ1) is 56.0. The molecule has 0 bridgehead atoms. The van der Waals surface area contributed by atoms with E-state index in [2.05, 4.69) is 32.9 Å². The summed E-state index contributed by atoms with van der Waals surface area (Å²) in [6, 6.07) is 0. The number of esters is 3. The van der Waals surface area contributed by atoms with Crippen molar-refractivity contribution in [2.45, 2.75) is 194 Å². The monoisotopic (exact) mass is 870 g/mol. The Morgan fingerprint density at radius 2 is 0.983 bits per heavy atom. The molecule has 0 aromatic rings. The van der Waals surface area contributed by atoms with Crippen LogP contribution in [0.3, 0.4) is 0 Å². The lowest BCUT2D eigenvalue weighted by Gasteiger charge is -2.22. The fraction of sp³-hybridized carbons (Fsp3) is 0.878. The fourth-order valence-corrected chi connectivity index (χ4v) is 6.51. The largest absolute Gasteiger partial charge is 0.540 e. The molecule has 0 heterocycles. The molecule has 0 saturated carbocycles. The van der Waals surface area contributed by atoms with Crippen LogP contribution >= 0.6 is 7.82 Å². The van der Waals surface area contributed by atoms with Gasteiger partial charge in [0.25, 0.3) is 6.29 Å². The molecule has 0 N–H and O–H groups in total. The Morgan fingerprint density at radius 3 is 1.46 bits per heavy atom. The average Bonchev–Trinajstić information content (AvgIpc) is 3.21. The standard InChI is InChI=1S/C41H75O17P/c1-6-9-11-13-15-17-19-21-23-25-27-29-37(43)50-31-36(55-38(44)30-28-26-24-22-20-18-16-14-12-10-7-2)32-53-59(47,48-5)54-33-39(57-58-41(46)49-8-3)56-40(45)52-34-51-35(4)42/h36,39H,6-34H2,1-5H3/t36-,39?,59?/m1/s1. The van der Waals surface area contributed by atoms with Gasteiger partial charge in [0, 0.05) is 26.9 Å². The van der Waals surface area contributed by atoms with Crippen molar-refractivity contribution in [3.05, 3.63) is 0 Å². The predicted octanol–water partition coefficient (Wildman–Crippen LogP) is 10.7. The first-order valence-electron chi connectivity index (χ1n) is 21.7. The fourth-order valence-electron chi connectivity index (χ4n) is 5.57. The van der Waals surface area contributed by atoms with Gasteiger partial charge in [-0.15, -0.1) is 4.89 Å². The zero-order valence-corrected chi connectivity index (χ0v) is 37.4. The number of hydrogen-bond acceptors (Lipinski definition) is 17. The van der Waals surface area contributed by atoms with Crippen LogP contribution in [0, 0.1) is 0 Å². The van der Waals surface area contributed by atoms with E-state index in [1.54, 1.807) is 0 Å². The molecule has 0 radical (unpaired) electrons. The highest BCUT2D eigenvalue weighted by molar-refractivity contribution is 7.48. The van der Waals surface area contributed by atoms with Crippen LogP contribution < -0.4 is 0 Å². The van der Waals surface area contributed by atoms with Crippen LogP contribution in [0.25, 0.3) is 0 Å². The van der Waals surface area contributed by atoms with Crippen LogP contribution in [0.5, 0.6) is 0 Å². The lowest BCUT2D eigenvalue weighted by molar-refractivity contribution is -0.342. The third kappa shape index (κ3) is 36.6. The molecule has 0 aromatic carbocycles. The van der Waals surface area contributed by atoms with Gasteiger partial charge >= 0.3 is 38.0 Å². The highest BCUT2D eigenvalue weighted by atomic mass is 31.2. The van der Waals surface area contributed by atoms with Crippen LogP contribution in [-0.4, -0.2) is 82.9 Å². The number of ether oxygens (including phenoxy) is 6. The average molecular weight is 871 g/mol. The van der Waals surface area contributed by atoms with Gasteiger partial charge in [-0.05, 0) is 19.8 Å². The number of hydrogen-bond donors (Lipinski definition) is 0. The Morgan fingerprint density at radius 1 is 0.508 bits per heavy atom. The maximum atomic E-state index is 13.4. The van der Waals surface area contributed by atoms with Crippen molar-refractivity contribution in [1.29, 1.82) is 0 Å². The molecule has 0 rings (SSSR count). The summed E-state index contributed by atoms with van der Waals surface area (Å²) >= 11 is 0. The van der Waals surface area contributed by atoms with Crippen molar-refractivity contribution < 1.29 is 80.3 Å². The van der Waals surface area contributed by atoms with E-state index < -0.39 is 70.4 Å². The van der Waals surface area contributed by atoms with Gasteiger partial charge in [-0.3, -0.25) is 32.8 Å². The van der Waals surface area contributed by atoms with Crippen molar-refractivity contribution in [3.8, 4) is 0 Å². The number of phosphoric ester groups is 1. The zero-order chi connectivity index (χ0) is 43.8. The van der Waals surface area contributed by atoms with Gasteiger partial charge in [0.15, 0.2) is 6.10 Å². The molecule has 3 atom stereocenters. The first-order valence-corrected chi connectivity index (χ1v) is 23.2. The minimum atomic E-state index is -4.51. The summed E-state index contributed by atoms with van der Waals surface area (Å²) < 4.78 is 58.4. The topological polar surface area (TPSA) is 204 Å². The zero-order valence-electron chi connectivity index (χ0n) is 36.5. The summed E-state index contributed by atoms with van der Waals surface area (Å²) in [6.45, 7) is 4.27. The maximum absolute atomic E-state index is 13.4. The van der Waals surface area contributed by atoms with Crippen LogP contribution in [0.15, 0.2) is 0 Å². The van der Waals surface area contributed by atoms with Gasteiger partial charge in [0.2, 0.25) is 6.79 Å². The first-order chi connectivity index (χ1) is 28.5. The van der Waals surface area contributed by atoms with Gasteiger partial charge in [-0.2, -0.15) is 0 Å². The highest BCUT2D eigenvalue weighted by Crippen LogP contribution is 2.49. The maximum Gasteiger partial charge on any atom is 0.540 e. The molecular formula is C41H75O17P. The Kier molecular flexibility index (Phi) is 37.2. The molecule has 0 fully saturated rings. The molecule has 2 unspecified atom stereocenters. The summed E-state index contributed by atoms with van der Waals surface area (Å²) in [4.78, 5) is 69.2. The van der Waals surface area contributed by atoms with Gasteiger partial charge in [0.05, 0.1) is 13.2 Å². The van der Waals surface area contributed by atoms with Crippen LogP contribution in [0.1, 0.15) is 182 Å². The second-order valence-corrected chi connectivity index (χ2v) is 15.9. The van der Waals surface area contributed by atoms with Crippen molar-refractivity contribution in [1.82, 2.24) is 0 Å². The molecule has 18 heteroatoms. The van der Waals surface area contributed by atoms with Crippen molar-refractivity contribution in [3.63, 3.8) is 0 Å². The molecule has 0 spiro atoms. The van der Waals surface area contributed by atoms with Crippen LogP contribution in [0.2, 0.25) is 0 Å². The second-order valence-electron chi connectivity index (χ2n) is 14.1. The van der Waals surface area contributed by atoms with Crippen molar-refractivity contribution >= 4 is 38.0 Å². The van der Waals surface area contributed by atoms with Gasteiger partial charge in [-0.1, -0.05) is 142 Å². The highest BCUT2D eigenvalue weighted by Gasteiger charge is 2.32. The number of carbonyl (C=O) groups is 5. The van der Waals surface area contributed by atoms with E-state index in [4.69, 9.17) is 32.7 Å². The third-order valence-corrected chi connectivity index (χ3v) is 10.2. The summed E-state index contributed by atoms with van der Waals surface area (Å²) in [5.74, 6) is -1.76. The SMILES string of the molecule is CCCCCCCCCCCCCC(=O)OC[C@H](COP(=O)(OC)OCC(OOC(=O)OCC)OC(=O)OCOC(C)=O)OC(=O)CCCCCCCCCCCCC. The number of rotatable bonds is 40. The minimum absolute atomic E-state index is 0.0684. The number of carbonyl (C=O) groups excluding carboxylic acids is 5. The van der Waals surface area contributed by atoms with E-state index in [9.17, 15) is 28.5 Å². The third-order valence-electron chi connectivity index (χ3n) is 8.86. The minimum Gasteiger partial charge on any atom is -0.462 e. The molecule has 0 aliphatic heterocycles. The smallest absolute Gasteiger partial charge is 0.462 e. The molecule has 59 heavy (non-hydrogen) atoms. The lowest BCUT2D eigenvalue weighted by atomic mass is 10.1. The summed E-state index contributed by atoms with van der Waals surface area (Å²) in [5, 5.41) is 0. The van der Waals surface area contributed by atoms with Gasteiger partial charge < -0.3 is 28.4 Å². The van der Waals surface area contributed by atoms with Crippen LogP contribution in [0.4, 0.5) is 9.59 Å². The Hall–Kier alpha value is -2.98. The quantitative estimate of drug-likeness (QED) is 0.0107. The summed E-state index contributed by atoms with van der Waals surface area (Å²) in [6.07, 6.45) is 19.3. The van der Waals surface area contributed by atoms with Crippen LogP contribution in [-0.2, 0) is 70.7 Å². The predicted molar refractivity (Wildman–Crippen MR) is 217 cm³/mol. The van der Waals surface area contributed by atoms with E-state index in [0.717, 1.165) is 52.6 Å². The van der Waals surface area contributed by atoms with Crippen molar-refractivity contribution in [2.24, 2.45) is 0 Å². The van der Waals surface area contributed by atoms with E-state index >= 15 is 0 Å². The lowest BCUT2D eigenvalue weighted by Crippen LogP contribution is -2.30. The summed E-state index contributed by atoms with van der Waals surface area (Å²) in [7, 11) is -3.51. The Balaban J connectivity index is 5.19. The molecule has 0 amide bonds. The molecule has 0 aromatic heterocycles. The number of phosphoric acid groups is 1. The molecule has 346 valence electrons. The van der Waals surface area contributed by atoms with E-state index in [0.29, 0.717) is 12.8 Å². The van der Waals surface area contributed by atoms with E-state index in [-0.39, 0.29) is 26.1 Å². The molecule has 0 aliphatic rings. The number of unbranched alkanes of at least 4 members (excludes halogenated alkanes) is 20. The molecular weight excluding hydrogens is 795 g/mol. The molecule has 0 saturated heterocycles. The normalized spacial score (nSPS) is 13.1. The Bertz CT molecular complexity index is 1140. The summed E-state index contributed by atoms with van der Waals surface area (Å²) in [5.41, 5.74) is 0.